The normalized spacial score (nSPS) is 22.0. The molecule has 0 bridgehead atoms. The Labute approximate surface area is 141 Å². The first kappa shape index (κ1) is 16.3. The summed E-state index contributed by atoms with van der Waals surface area (Å²) in [6.07, 6.45) is 3.09. The van der Waals surface area contributed by atoms with Crippen molar-refractivity contribution in [3.63, 3.8) is 0 Å². The van der Waals surface area contributed by atoms with E-state index in [-0.39, 0.29) is 17.4 Å². The van der Waals surface area contributed by atoms with Gasteiger partial charge in [0.1, 0.15) is 0 Å². The molecule has 1 aliphatic carbocycles. The topological polar surface area (TPSA) is 43.9 Å². The smallest absolute Gasteiger partial charge is 0.319 e. The van der Waals surface area contributed by atoms with Crippen LogP contribution in [0.1, 0.15) is 31.7 Å². The van der Waals surface area contributed by atoms with Gasteiger partial charge in [-0.1, -0.05) is 0 Å². The van der Waals surface area contributed by atoms with E-state index in [9.17, 15) is 9.59 Å². The number of piperidine rings is 1. The average molecular weight is 335 g/mol. The Morgan fingerprint density at radius 3 is 2.57 bits per heavy atom. The van der Waals surface area contributed by atoms with E-state index in [4.69, 9.17) is 0 Å². The molecule has 3 amide bonds. The van der Waals surface area contributed by atoms with Crippen LogP contribution in [0.15, 0.2) is 16.8 Å². The maximum Gasteiger partial charge on any atom is 0.319 e. The molecule has 3 rings (SSSR count). The first-order chi connectivity index (χ1) is 10.9. The minimum atomic E-state index is 0.0961. The number of hydrogen-bond acceptors (Lipinski definition) is 3. The molecule has 1 aliphatic heterocycles. The van der Waals surface area contributed by atoms with Crippen molar-refractivity contribution in [3.05, 3.63) is 22.4 Å². The summed E-state index contributed by atoms with van der Waals surface area (Å²) in [5.74, 6) is 0.157. The lowest BCUT2D eigenvalue weighted by molar-refractivity contribution is -0.130. The minimum Gasteiger partial charge on any atom is -0.335 e. The van der Waals surface area contributed by atoms with Crippen LogP contribution in [0.3, 0.4) is 0 Å². The van der Waals surface area contributed by atoms with E-state index in [0.717, 1.165) is 32.4 Å². The molecule has 1 saturated carbocycles. The second-order valence-electron chi connectivity index (χ2n) is 7.02. The van der Waals surface area contributed by atoms with E-state index < -0.39 is 0 Å². The molecule has 1 atom stereocenters. The highest BCUT2D eigenvalue weighted by Crippen LogP contribution is 2.57. The molecule has 1 aromatic heterocycles. The third-order valence-electron chi connectivity index (χ3n) is 5.27. The summed E-state index contributed by atoms with van der Waals surface area (Å²) in [4.78, 5) is 29.8. The molecule has 0 aromatic carbocycles. The van der Waals surface area contributed by atoms with Gasteiger partial charge in [-0.25, -0.2) is 4.79 Å². The van der Waals surface area contributed by atoms with Crippen LogP contribution in [-0.2, 0) is 11.3 Å². The van der Waals surface area contributed by atoms with Crippen LogP contribution < -0.4 is 0 Å². The Kier molecular flexibility index (Phi) is 4.36. The molecule has 0 unspecified atom stereocenters. The highest BCUT2D eigenvalue weighted by molar-refractivity contribution is 7.07. The van der Waals surface area contributed by atoms with E-state index in [2.05, 4.69) is 16.8 Å². The van der Waals surface area contributed by atoms with Gasteiger partial charge in [0.25, 0.3) is 0 Å². The number of carbonyl (C=O) groups is 2. The SMILES string of the molecule is CC(=O)N(Cc1ccsc1)[C@@H]1CC12CCN(C(=O)N(C)C)CC2. The monoisotopic (exact) mass is 335 g/mol. The fourth-order valence-corrected chi connectivity index (χ4v) is 4.41. The van der Waals surface area contributed by atoms with Crippen LogP contribution in [-0.4, -0.2) is 59.9 Å². The molecule has 23 heavy (non-hydrogen) atoms. The highest BCUT2D eigenvalue weighted by Gasteiger charge is 2.58. The molecule has 0 N–H and O–H groups in total. The fourth-order valence-electron chi connectivity index (χ4n) is 3.75. The van der Waals surface area contributed by atoms with E-state index in [1.807, 2.05) is 9.80 Å². The maximum absolute atomic E-state index is 12.1. The summed E-state index contributed by atoms with van der Waals surface area (Å²) in [5, 5.41) is 4.17. The molecule has 126 valence electrons. The van der Waals surface area contributed by atoms with Crippen molar-refractivity contribution in [3.8, 4) is 0 Å². The molecular formula is C17H25N3O2S. The van der Waals surface area contributed by atoms with Gasteiger partial charge in [0.05, 0.1) is 0 Å². The van der Waals surface area contributed by atoms with Crippen LogP contribution >= 0.6 is 11.3 Å². The summed E-state index contributed by atoms with van der Waals surface area (Å²) in [6.45, 7) is 3.99. The van der Waals surface area contributed by atoms with Gasteiger partial charge in [0.15, 0.2) is 0 Å². The molecular weight excluding hydrogens is 310 g/mol. The largest absolute Gasteiger partial charge is 0.335 e. The number of hydrogen-bond donors (Lipinski definition) is 0. The van der Waals surface area contributed by atoms with Gasteiger partial charge in [-0.05, 0) is 47.1 Å². The third-order valence-corrected chi connectivity index (χ3v) is 6.00. The lowest BCUT2D eigenvalue weighted by atomic mass is 9.92. The average Bonchev–Trinajstić information content (AvgIpc) is 2.96. The van der Waals surface area contributed by atoms with Crippen LogP contribution in [0, 0.1) is 5.41 Å². The molecule has 1 aromatic rings. The van der Waals surface area contributed by atoms with E-state index >= 15 is 0 Å². The summed E-state index contributed by atoms with van der Waals surface area (Å²) in [5.41, 5.74) is 1.46. The molecule has 0 radical (unpaired) electrons. The van der Waals surface area contributed by atoms with E-state index in [1.54, 1.807) is 37.3 Å². The minimum absolute atomic E-state index is 0.0961. The first-order valence-corrected chi connectivity index (χ1v) is 9.12. The molecule has 2 aliphatic rings. The predicted molar refractivity (Wildman–Crippen MR) is 91.3 cm³/mol. The van der Waals surface area contributed by atoms with E-state index in [1.165, 1.54) is 5.56 Å². The van der Waals surface area contributed by atoms with Crippen molar-refractivity contribution in [2.24, 2.45) is 5.41 Å². The summed E-state index contributed by atoms with van der Waals surface area (Å²) in [6, 6.07) is 2.53. The number of carbonyl (C=O) groups excluding carboxylic acids is 2. The zero-order chi connectivity index (χ0) is 16.6. The number of urea groups is 1. The Balaban J connectivity index is 1.61. The second-order valence-corrected chi connectivity index (χ2v) is 7.80. The van der Waals surface area contributed by atoms with Crippen molar-refractivity contribution < 1.29 is 9.59 Å². The van der Waals surface area contributed by atoms with Gasteiger partial charge in [-0.2, -0.15) is 11.3 Å². The number of likely N-dealkylation sites (tertiary alicyclic amines) is 1. The van der Waals surface area contributed by atoms with E-state index in [0.29, 0.717) is 12.6 Å². The van der Waals surface area contributed by atoms with Crippen molar-refractivity contribution >= 4 is 23.3 Å². The second kappa shape index (κ2) is 6.15. The standard InChI is InChI=1S/C17H25N3O2S/c1-13(21)20(11-14-4-9-23-12-14)15-10-17(15)5-7-19(8-6-17)16(22)18(2)3/h4,9,12,15H,5-8,10-11H2,1-3H3/t15-/m1/s1. The van der Waals surface area contributed by atoms with Crippen LogP contribution in [0.4, 0.5) is 4.79 Å². The lowest BCUT2D eigenvalue weighted by Gasteiger charge is -2.35. The van der Waals surface area contributed by atoms with Gasteiger partial charge >= 0.3 is 6.03 Å². The Hall–Kier alpha value is -1.56. The summed E-state index contributed by atoms with van der Waals surface area (Å²) >= 11 is 1.67. The van der Waals surface area contributed by atoms with Gasteiger partial charge < -0.3 is 14.7 Å². The molecule has 6 heteroatoms. The van der Waals surface area contributed by atoms with Gasteiger partial charge in [-0.15, -0.1) is 0 Å². The third kappa shape index (κ3) is 3.22. The molecule has 1 saturated heterocycles. The van der Waals surface area contributed by atoms with Crippen LogP contribution in [0.5, 0.6) is 0 Å². The van der Waals surface area contributed by atoms with Gasteiger partial charge in [-0.3, -0.25) is 4.79 Å². The van der Waals surface area contributed by atoms with Crippen LogP contribution in [0.2, 0.25) is 0 Å². The molecule has 2 heterocycles. The van der Waals surface area contributed by atoms with Crippen LogP contribution in [0.25, 0.3) is 0 Å². The van der Waals surface area contributed by atoms with Crippen molar-refractivity contribution in [1.29, 1.82) is 0 Å². The predicted octanol–water partition coefficient (Wildman–Crippen LogP) is 2.63. The lowest BCUT2D eigenvalue weighted by Crippen LogP contribution is -2.46. The zero-order valence-corrected chi connectivity index (χ0v) is 14.9. The number of amides is 3. The number of nitrogens with zero attached hydrogens (tertiary/aromatic N) is 3. The Morgan fingerprint density at radius 2 is 2.04 bits per heavy atom. The number of rotatable bonds is 3. The highest BCUT2D eigenvalue weighted by atomic mass is 32.1. The van der Waals surface area contributed by atoms with Crippen molar-refractivity contribution in [2.75, 3.05) is 27.2 Å². The number of thiophene rings is 1. The molecule has 5 nitrogen and oxygen atoms in total. The quantitative estimate of drug-likeness (QED) is 0.852. The van der Waals surface area contributed by atoms with Crippen molar-refractivity contribution in [1.82, 2.24) is 14.7 Å². The maximum atomic E-state index is 12.1. The summed E-state index contributed by atoms with van der Waals surface area (Å²) < 4.78 is 0. The molecule has 2 fully saturated rings. The summed E-state index contributed by atoms with van der Waals surface area (Å²) in [7, 11) is 3.59. The Morgan fingerprint density at radius 1 is 1.35 bits per heavy atom. The van der Waals surface area contributed by atoms with Gasteiger partial charge in [0, 0.05) is 46.7 Å². The Bertz CT molecular complexity index is 577. The van der Waals surface area contributed by atoms with Crippen molar-refractivity contribution in [2.45, 2.75) is 38.8 Å². The zero-order valence-electron chi connectivity index (χ0n) is 14.1. The fraction of sp³-hybridized carbons (Fsp3) is 0.647. The molecule has 1 spiro atoms. The van der Waals surface area contributed by atoms with Gasteiger partial charge in [0.2, 0.25) is 5.91 Å². The first-order valence-electron chi connectivity index (χ1n) is 8.17.